The summed E-state index contributed by atoms with van der Waals surface area (Å²) in [5.41, 5.74) is 6.72. The Morgan fingerprint density at radius 2 is 2.00 bits per heavy atom. The molecule has 0 aromatic heterocycles. The van der Waals surface area contributed by atoms with Gasteiger partial charge in [-0.15, -0.1) is 0 Å². The monoisotopic (exact) mass is 254 g/mol. The molecule has 0 saturated heterocycles. The van der Waals surface area contributed by atoms with Gasteiger partial charge >= 0.3 is 0 Å². The van der Waals surface area contributed by atoms with Crippen LogP contribution in [0.2, 0.25) is 5.02 Å². The Hall–Kier alpha value is -0.930. The molecule has 0 radical (unpaired) electrons. The lowest BCUT2D eigenvalue weighted by Crippen LogP contribution is -2.38. The topological polar surface area (TPSA) is 58.3 Å². The Morgan fingerprint density at radius 3 is 2.71 bits per heavy atom. The summed E-state index contributed by atoms with van der Waals surface area (Å²) in [5.74, 6) is 0. The third-order valence-corrected chi connectivity index (χ3v) is 3.64. The van der Waals surface area contributed by atoms with Crippen molar-refractivity contribution in [1.82, 2.24) is 0 Å². The molecule has 1 aliphatic carbocycles. The molecule has 2 rings (SSSR count). The van der Waals surface area contributed by atoms with Gasteiger partial charge in [0, 0.05) is 11.6 Å². The summed E-state index contributed by atoms with van der Waals surface area (Å²) in [6, 6.07) is 5.33. The molecule has 0 amide bonds. The highest BCUT2D eigenvalue weighted by Crippen LogP contribution is 2.29. The Balaban J connectivity index is 1.99. The minimum Gasteiger partial charge on any atom is -0.397 e. The van der Waals surface area contributed by atoms with Crippen molar-refractivity contribution >= 4 is 23.0 Å². The van der Waals surface area contributed by atoms with Crippen LogP contribution in [0.4, 0.5) is 11.4 Å². The first kappa shape index (κ1) is 12.5. The predicted octanol–water partition coefficient (Wildman–Crippen LogP) is 3.03. The Labute approximate surface area is 107 Å². The quantitative estimate of drug-likeness (QED) is 0.727. The molecule has 0 heterocycles. The van der Waals surface area contributed by atoms with Gasteiger partial charge in [0.1, 0.15) is 0 Å². The van der Waals surface area contributed by atoms with E-state index in [9.17, 15) is 5.11 Å². The van der Waals surface area contributed by atoms with Gasteiger partial charge in [-0.1, -0.05) is 30.9 Å². The molecule has 0 spiro atoms. The predicted molar refractivity (Wildman–Crippen MR) is 72.4 cm³/mol. The highest BCUT2D eigenvalue weighted by Gasteiger charge is 2.28. The molecule has 0 bridgehead atoms. The number of anilines is 2. The number of nitrogens with one attached hydrogen (secondary N) is 1. The van der Waals surface area contributed by atoms with Crippen molar-refractivity contribution < 1.29 is 5.11 Å². The maximum atomic E-state index is 10.4. The molecule has 94 valence electrons. The van der Waals surface area contributed by atoms with Crippen LogP contribution in [0.3, 0.4) is 0 Å². The number of benzene rings is 1. The zero-order valence-electron chi connectivity index (χ0n) is 9.88. The molecule has 4 heteroatoms. The van der Waals surface area contributed by atoms with Crippen LogP contribution in [-0.2, 0) is 0 Å². The van der Waals surface area contributed by atoms with Crippen molar-refractivity contribution in [1.29, 1.82) is 0 Å². The zero-order valence-corrected chi connectivity index (χ0v) is 10.6. The lowest BCUT2D eigenvalue weighted by molar-refractivity contribution is 0.0167. The van der Waals surface area contributed by atoms with Crippen LogP contribution >= 0.6 is 11.6 Å². The van der Waals surface area contributed by atoms with Crippen molar-refractivity contribution in [3.63, 3.8) is 0 Å². The van der Waals surface area contributed by atoms with Gasteiger partial charge in [0.25, 0.3) is 0 Å². The van der Waals surface area contributed by atoms with Crippen molar-refractivity contribution in [2.24, 2.45) is 0 Å². The van der Waals surface area contributed by atoms with E-state index < -0.39 is 5.60 Å². The summed E-state index contributed by atoms with van der Waals surface area (Å²) >= 11 is 5.91. The molecule has 3 nitrogen and oxygen atoms in total. The van der Waals surface area contributed by atoms with Crippen LogP contribution < -0.4 is 11.1 Å². The molecule has 1 saturated carbocycles. The van der Waals surface area contributed by atoms with Gasteiger partial charge in [-0.3, -0.25) is 0 Å². The number of nitrogens with two attached hydrogens (primary N) is 1. The van der Waals surface area contributed by atoms with Gasteiger partial charge in [-0.25, -0.2) is 0 Å². The Kier molecular flexibility index (Phi) is 3.79. The number of rotatable bonds is 3. The van der Waals surface area contributed by atoms with Crippen molar-refractivity contribution in [3.8, 4) is 0 Å². The fourth-order valence-electron chi connectivity index (χ4n) is 2.33. The summed E-state index contributed by atoms with van der Waals surface area (Å²) in [4.78, 5) is 0. The van der Waals surface area contributed by atoms with E-state index in [0.717, 1.165) is 31.4 Å². The maximum absolute atomic E-state index is 10.4. The normalized spacial score (nSPS) is 18.9. The van der Waals surface area contributed by atoms with Crippen LogP contribution in [0.15, 0.2) is 18.2 Å². The molecule has 0 unspecified atom stereocenters. The van der Waals surface area contributed by atoms with Crippen LogP contribution in [0.5, 0.6) is 0 Å². The first-order chi connectivity index (χ1) is 8.09. The lowest BCUT2D eigenvalue weighted by Gasteiger charge is -2.32. The number of halogens is 1. The van der Waals surface area contributed by atoms with Crippen molar-refractivity contribution in [2.45, 2.75) is 37.7 Å². The summed E-state index contributed by atoms with van der Waals surface area (Å²) in [7, 11) is 0. The minimum absolute atomic E-state index is 0.539. The number of hydrogen-bond donors (Lipinski definition) is 3. The first-order valence-electron chi connectivity index (χ1n) is 6.10. The summed E-state index contributed by atoms with van der Waals surface area (Å²) in [6.45, 7) is 0.539. The van der Waals surface area contributed by atoms with Gasteiger partial charge in [0.2, 0.25) is 0 Å². The molecule has 1 aromatic rings. The molecule has 1 aliphatic rings. The summed E-state index contributed by atoms with van der Waals surface area (Å²) < 4.78 is 0. The SMILES string of the molecule is Nc1ccc(Cl)cc1NCC1(O)CCCCC1. The van der Waals surface area contributed by atoms with Crippen LogP contribution in [0.25, 0.3) is 0 Å². The van der Waals surface area contributed by atoms with Gasteiger partial charge in [0.15, 0.2) is 0 Å². The minimum atomic E-state index is -0.590. The molecule has 17 heavy (non-hydrogen) atoms. The molecular formula is C13H19ClN2O. The maximum Gasteiger partial charge on any atom is 0.0819 e. The van der Waals surface area contributed by atoms with E-state index in [2.05, 4.69) is 5.32 Å². The second-order valence-electron chi connectivity index (χ2n) is 4.87. The summed E-state index contributed by atoms with van der Waals surface area (Å²) in [5, 5.41) is 14.2. The second kappa shape index (κ2) is 5.15. The molecule has 1 aromatic carbocycles. The molecule has 4 N–H and O–H groups in total. The molecular weight excluding hydrogens is 236 g/mol. The fourth-order valence-corrected chi connectivity index (χ4v) is 2.50. The van der Waals surface area contributed by atoms with Gasteiger partial charge in [-0.05, 0) is 31.0 Å². The fraction of sp³-hybridized carbons (Fsp3) is 0.538. The Morgan fingerprint density at radius 1 is 1.29 bits per heavy atom. The smallest absolute Gasteiger partial charge is 0.0819 e. The lowest BCUT2D eigenvalue weighted by atomic mass is 9.85. The van der Waals surface area contributed by atoms with Crippen molar-refractivity contribution in [3.05, 3.63) is 23.2 Å². The van der Waals surface area contributed by atoms with E-state index in [1.807, 2.05) is 0 Å². The highest BCUT2D eigenvalue weighted by molar-refractivity contribution is 6.31. The van der Waals surface area contributed by atoms with Crippen LogP contribution in [-0.4, -0.2) is 17.3 Å². The van der Waals surface area contributed by atoms with Crippen LogP contribution in [0.1, 0.15) is 32.1 Å². The van der Waals surface area contributed by atoms with Crippen molar-refractivity contribution in [2.75, 3.05) is 17.6 Å². The number of nitrogen functional groups attached to an aromatic ring is 1. The second-order valence-corrected chi connectivity index (χ2v) is 5.31. The standard InChI is InChI=1S/C13H19ClN2O/c14-10-4-5-11(15)12(8-10)16-9-13(17)6-2-1-3-7-13/h4-5,8,16-17H,1-3,6-7,9,15H2. The van der Waals surface area contributed by atoms with E-state index >= 15 is 0 Å². The molecule has 0 aliphatic heterocycles. The van der Waals surface area contributed by atoms with E-state index in [1.54, 1.807) is 18.2 Å². The van der Waals surface area contributed by atoms with E-state index in [4.69, 9.17) is 17.3 Å². The Bertz CT molecular complexity index is 389. The average molecular weight is 255 g/mol. The van der Waals surface area contributed by atoms with Crippen LogP contribution in [0, 0.1) is 0 Å². The van der Waals surface area contributed by atoms with E-state index in [1.165, 1.54) is 6.42 Å². The van der Waals surface area contributed by atoms with Gasteiger partial charge in [0.05, 0.1) is 17.0 Å². The number of aliphatic hydroxyl groups is 1. The van der Waals surface area contributed by atoms with Gasteiger partial charge < -0.3 is 16.2 Å². The van der Waals surface area contributed by atoms with E-state index in [0.29, 0.717) is 17.3 Å². The molecule has 1 fully saturated rings. The molecule has 0 atom stereocenters. The first-order valence-corrected chi connectivity index (χ1v) is 6.48. The average Bonchev–Trinajstić information content (AvgIpc) is 2.31. The highest BCUT2D eigenvalue weighted by atomic mass is 35.5. The largest absolute Gasteiger partial charge is 0.397 e. The number of hydrogen-bond acceptors (Lipinski definition) is 3. The van der Waals surface area contributed by atoms with E-state index in [-0.39, 0.29) is 0 Å². The zero-order chi connectivity index (χ0) is 12.3. The summed E-state index contributed by atoms with van der Waals surface area (Å²) in [6.07, 6.45) is 5.15. The third-order valence-electron chi connectivity index (χ3n) is 3.41. The van der Waals surface area contributed by atoms with Gasteiger partial charge in [-0.2, -0.15) is 0 Å². The third kappa shape index (κ3) is 3.27.